The number of hydrogen-bond donors (Lipinski definition) is 3. The van der Waals surface area contributed by atoms with E-state index in [0.717, 1.165) is 23.2 Å². The van der Waals surface area contributed by atoms with Crippen LogP contribution in [-0.2, 0) is 22.3 Å². The highest BCUT2D eigenvalue weighted by Gasteiger charge is 2.49. The molecule has 7 nitrogen and oxygen atoms in total. The molecule has 33 heavy (non-hydrogen) atoms. The molecule has 0 radical (unpaired) electrons. The molecular weight excluding hydrogens is 470 g/mol. The molecule has 1 fully saturated rings. The summed E-state index contributed by atoms with van der Waals surface area (Å²) in [5.41, 5.74) is -0.245. The number of nitrogens with one attached hydrogen (secondary N) is 2. The number of benzene rings is 2. The molecule has 2 heterocycles. The number of rotatable bonds is 4. The number of aliphatic hydroxyl groups is 1. The Labute approximate surface area is 188 Å². The van der Waals surface area contributed by atoms with E-state index in [4.69, 9.17) is 16.3 Å². The molecule has 1 aromatic heterocycles. The van der Waals surface area contributed by atoms with E-state index in [-0.39, 0.29) is 41.1 Å². The van der Waals surface area contributed by atoms with Crippen LogP contribution in [0.25, 0.3) is 10.9 Å². The van der Waals surface area contributed by atoms with Crippen molar-refractivity contribution in [3.8, 4) is 0 Å². The highest BCUT2D eigenvalue weighted by Crippen LogP contribution is 2.37. The largest absolute Gasteiger partial charge is 0.418 e. The minimum absolute atomic E-state index is 0.0978. The number of hydrogen-bond acceptors (Lipinski definition) is 4. The lowest BCUT2D eigenvalue weighted by Crippen LogP contribution is -2.46. The second-order valence-corrected chi connectivity index (χ2v) is 7.88. The lowest BCUT2D eigenvalue weighted by molar-refractivity contribution is -0.175. The maximum atomic E-state index is 13.4. The van der Waals surface area contributed by atoms with Gasteiger partial charge in [-0.3, -0.25) is 4.79 Å². The van der Waals surface area contributed by atoms with E-state index in [1.165, 1.54) is 24.3 Å². The van der Waals surface area contributed by atoms with Gasteiger partial charge in [0.05, 0.1) is 5.56 Å². The number of aromatic amines is 1. The fraction of sp³-hybridized carbons (Fsp3) is 0.238. The third kappa shape index (κ3) is 4.60. The van der Waals surface area contributed by atoms with Gasteiger partial charge in [0.2, 0.25) is 0 Å². The number of aromatic nitrogens is 1. The van der Waals surface area contributed by atoms with Gasteiger partial charge in [0.25, 0.3) is 11.7 Å². The molecule has 0 unspecified atom stereocenters. The Hall–Kier alpha value is -3.31. The summed E-state index contributed by atoms with van der Waals surface area (Å²) in [6.45, 7) is -0.284. The minimum Gasteiger partial charge on any atom is -0.407 e. The van der Waals surface area contributed by atoms with Gasteiger partial charge in [-0.15, -0.1) is 0 Å². The van der Waals surface area contributed by atoms with Gasteiger partial charge in [0, 0.05) is 47.3 Å². The average Bonchev–Trinajstić information content (AvgIpc) is 3.27. The molecule has 1 saturated heterocycles. The topological polar surface area (TPSA) is 94.7 Å². The standard InChI is InChI=1S/C21H16ClF4N3O4/c22-12-5-11(6-13(23)7-12)9-28-19(31)33-20(32)3-4-29(18(20)30)14-1-2-17-15(8-14)16(10-27-17)21(24,25)26/h1-2,5-8,10,27,32H,3-4,9H2,(H,28,31)/t20-/m0/s1. The Kier molecular flexibility index (Phi) is 5.71. The van der Waals surface area contributed by atoms with Crippen molar-refractivity contribution in [1.29, 1.82) is 0 Å². The number of nitrogens with zero attached hydrogens (tertiary/aromatic N) is 1. The van der Waals surface area contributed by atoms with Crippen LogP contribution in [0, 0.1) is 5.82 Å². The predicted octanol–water partition coefficient (Wildman–Crippen LogP) is 4.33. The highest BCUT2D eigenvalue weighted by molar-refractivity contribution is 6.30. The van der Waals surface area contributed by atoms with E-state index in [1.807, 2.05) is 0 Å². The summed E-state index contributed by atoms with van der Waals surface area (Å²) in [6, 6.07) is 7.59. The van der Waals surface area contributed by atoms with Crippen molar-refractivity contribution in [3.63, 3.8) is 0 Å². The van der Waals surface area contributed by atoms with Crippen LogP contribution in [0.4, 0.5) is 28.0 Å². The van der Waals surface area contributed by atoms with Crippen molar-refractivity contribution in [2.75, 3.05) is 11.4 Å². The van der Waals surface area contributed by atoms with Crippen LogP contribution in [0.5, 0.6) is 0 Å². The predicted molar refractivity (Wildman–Crippen MR) is 110 cm³/mol. The van der Waals surface area contributed by atoms with Gasteiger partial charge in [0.15, 0.2) is 0 Å². The van der Waals surface area contributed by atoms with Crippen LogP contribution in [0.1, 0.15) is 17.5 Å². The van der Waals surface area contributed by atoms with Crippen molar-refractivity contribution in [1.82, 2.24) is 10.3 Å². The summed E-state index contributed by atoms with van der Waals surface area (Å²) < 4.78 is 57.9. The van der Waals surface area contributed by atoms with Gasteiger partial charge in [-0.25, -0.2) is 9.18 Å². The first-order chi connectivity index (χ1) is 15.5. The summed E-state index contributed by atoms with van der Waals surface area (Å²) in [5.74, 6) is -4.13. The Morgan fingerprint density at radius 3 is 2.73 bits per heavy atom. The smallest absolute Gasteiger partial charge is 0.407 e. The fourth-order valence-corrected chi connectivity index (χ4v) is 3.86. The van der Waals surface area contributed by atoms with Crippen LogP contribution < -0.4 is 10.2 Å². The molecule has 1 atom stereocenters. The van der Waals surface area contributed by atoms with E-state index in [0.29, 0.717) is 5.56 Å². The number of ether oxygens (including phenoxy) is 1. The third-order valence-corrected chi connectivity index (χ3v) is 5.37. The molecule has 0 aliphatic carbocycles. The summed E-state index contributed by atoms with van der Waals surface area (Å²) in [5, 5.41) is 12.8. The molecule has 0 bridgehead atoms. The van der Waals surface area contributed by atoms with Gasteiger partial charge in [-0.1, -0.05) is 11.6 Å². The second kappa shape index (κ2) is 8.23. The first-order valence-corrected chi connectivity index (χ1v) is 9.98. The summed E-state index contributed by atoms with van der Waals surface area (Å²) >= 11 is 5.74. The molecule has 12 heteroatoms. The number of anilines is 1. The SMILES string of the molecule is O=C(NCc1cc(F)cc(Cl)c1)O[C@@]1(O)CCN(c2ccc3[nH]cc(C(F)(F)F)c3c2)C1=O. The molecular formula is C21H16ClF4N3O4. The average molecular weight is 486 g/mol. The van der Waals surface area contributed by atoms with Crippen molar-refractivity contribution >= 4 is 40.2 Å². The van der Waals surface area contributed by atoms with E-state index >= 15 is 0 Å². The van der Waals surface area contributed by atoms with Gasteiger partial charge in [0.1, 0.15) is 5.82 Å². The highest BCUT2D eigenvalue weighted by atomic mass is 35.5. The quantitative estimate of drug-likeness (QED) is 0.379. The molecule has 3 N–H and O–H groups in total. The number of halogens is 5. The normalized spacial score (nSPS) is 18.7. The lowest BCUT2D eigenvalue weighted by Gasteiger charge is -2.22. The van der Waals surface area contributed by atoms with E-state index < -0.39 is 35.3 Å². The number of H-pyrrole nitrogens is 1. The van der Waals surface area contributed by atoms with Crippen molar-refractivity contribution in [3.05, 3.63) is 64.6 Å². The Bertz CT molecular complexity index is 1230. The Morgan fingerprint density at radius 1 is 1.27 bits per heavy atom. The summed E-state index contributed by atoms with van der Waals surface area (Å²) in [7, 11) is 0. The first kappa shape index (κ1) is 22.9. The van der Waals surface area contributed by atoms with Crippen molar-refractivity contribution < 1.29 is 37.0 Å². The minimum atomic E-state index is -4.60. The number of fused-ring (bicyclic) bond motifs is 1. The molecule has 2 amide bonds. The molecule has 3 aromatic rings. The molecule has 4 rings (SSSR count). The molecule has 0 saturated carbocycles. The summed E-state index contributed by atoms with van der Waals surface area (Å²) in [6.07, 6.45) is -5.22. The number of amides is 2. The molecule has 1 aliphatic heterocycles. The van der Waals surface area contributed by atoms with Crippen LogP contribution in [0.2, 0.25) is 5.02 Å². The van der Waals surface area contributed by atoms with Gasteiger partial charge < -0.3 is 25.0 Å². The van der Waals surface area contributed by atoms with Crippen LogP contribution in [0.15, 0.2) is 42.6 Å². The van der Waals surface area contributed by atoms with Crippen molar-refractivity contribution in [2.45, 2.75) is 24.9 Å². The number of carbonyl (C=O) groups is 2. The lowest BCUT2D eigenvalue weighted by atomic mass is 10.1. The van der Waals surface area contributed by atoms with Gasteiger partial charge >= 0.3 is 12.3 Å². The van der Waals surface area contributed by atoms with Crippen LogP contribution in [0.3, 0.4) is 0 Å². The van der Waals surface area contributed by atoms with Gasteiger partial charge in [-0.05, 0) is 42.0 Å². The zero-order chi connectivity index (χ0) is 24.0. The number of alkyl carbamates (subject to hydrolysis) is 1. The molecule has 1 aliphatic rings. The molecule has 0 spiro atoms. The number of carbonyl (C=O) groups excluding carboxylic acids is 2. The van der Waals surface area contributed by atoms with E-state index in [2.05, 4.69) is 10.3 Å². The monoisotopic (exact) mass is 485 g/mol. The third-order valence-electron chi connectivity index (χ3n) is 5.16. The Balaban J connectivity index is 1.47. The van der Waals surface area contributed by atoms with E-state index in [1.54, 1.807) is 0 Å². The van der Waals surface area contributed by atoms with E-state index in [9.17, 15) is 32.3 Å². The molecule has 2 aromatic carbocycles. The first-order valence-electron chi connectivity index (χ1n) is 9.61. The summed E-state index contributed by atoms with van der Waals surface area (Å²) in [4.78, 5) is 28.4. The molecule has 174 valence electrons. The maximum absolute atomic E-state index is 13.4. The van der Waals surface area contributed by atoms with Gasteiger partial charge in [-0.2, -0.15) is 13.2 Å². The second-order valence-electron chi connectivity index (χ2n) is 7.44. The van der Waals surface area contributed by atoms with Crippen LogP contribution in [-0.4, -0.2) is 34.4 Å². The fourth-order valence-electron chi connectivity index (χ4n) is 3.61. The zero-order valence-corrected chi connectivity index (χ0v) is 17.4. The van der Waals surface area contributed by atoms with Crippen molar-refractivity contribution in [2.24, 2.45) is 0 Å². The number of alkyl halides is 3. The zero-order valence-electron chi connectivity index (χ0n) is 16.7. The Morgan fingerprint density at radius 2 is 2.03 bits per heavy atom. The van der Waals surface area contributed by atoms with Crippen LogP contribution >= 0.6 is 11.6 Å². The maximum Gasteiger partial charge on any atom is 0.418 e.